The van der Waals surface area contributed by atoms with Gasteiger partial charge in [0.2, 0.25) is 0 Å². The van der Waals surface area contributed by atoms with Gasteiger partial charge in [-0.05, 0) is 19.3 Å². The minimum Gasteiger partial charge on any atom is -0.469 e. The first kappa shape index (κ1) is 18.4. The lowest BCUT2D eigenvalue weighted by Crippen LogP contribution is -2.52. The van der Waals surface area contributed by atoms with E-state index >= 15 is 0 Å². The van der Waals surface area contributed by atoms with E-state index in [4.69, 9.17) is 9.57 Å². The summed E-state index contributed by atoms with van der Waals surface area (Å²) in [6.07, 6.45) is 4.75. The van der Waals surface area contributed by atoms with Gasteiger partial charge in [0.25, 0.3) is 0 Å². The number of hydrogen-bond donors (Lipinski definition) is 0. The number of esters is 1. The predicted octanol–water partition coefficient (Wildman–Crippen LogP) is 2.46. The quantitative estimate of drug-likeness (QED) is 0.178. The Kier molecular flexibility index (Phi) is 5.91. The second-order valence-corrected chi connectivity index (χ2v) is 6.49. The number of Topliss-reactive ketones (excluding diaryl/α,β-unsaturated/α-hetero) is 2. The summed E-state index contributed by atoms with van der Waals surface area (Å²) in [5.41, 5.74) is -0.515. The summed E-state index contributed by atoms with van der Waals surface area (Å²) in [6, 6.07) is 0. The van der Waals surface area contributed by atoms with Gasteiger partial charge in [-0.25, -0.2) is 0 Å². The van der Waals surface area contributed by atoms with E-state index in [0.717, 1.165) is 12.8 Å². The number of oxime groups is 1. The van der Waals surface area contributed by atoms with Crippen LogP contribution in [0, 0.1) is 17.3 Å². The molecular formula is C18H25NO5. The summed E-state index contributed by atoms with van der Waals surface area (Å²) >= 11 is 0. The van der Waals surface area contributed by atoms with Crippen LogP contribution in [0.15, 0.2) is 17.8 Å². The zero-order valence-corrected chi connectivity index (χ0v) is 14.4. The molecular weight excluding hydrogens is 310 g/mol. The molecule has 2 fully saturated rings. The Bertz CT molecular complexity index is 568. The Morgan fingerprint density at radius 2 is 2.21 bits per heavy atom. The maximum absolute atomic E-state index is 13.0. The molecule has 24 heavy (non-hydrogen) atoms. The van der Waals surface area contributed by atoms with Crippen molar-refractivity contribution in [3.05, 3.63) is 12.7 Å². The van der Waals surface area contributed by atoms with Crippen LogP contribution in [0.5, 0.6) is 0 Å². The van der Waals surface area contributed by atoms with Crippen molar-refractivity contribution in [1.29, 1.82) is 0 Å². The summed E-state index contributed by atoms with van der Waals surface area (Å²) in [5.74, 6) is -2.26. The Hall–Kier alpha value is -1.98. The van der Waals surface area contributed by atoms with Crippen LogP contribution in [0.2, 0.25) is 0 Å². The van der Waals surface area contributed by atoms with Gasteiger partial charge in [0.05, 0.1) is 18.2 Å². The van der Waals surface area contributed by atoms with Gasteiger partial charge in [-0.3, -0.25) is 14.4 Å². The molecule has 3 unspecified atom stereocenters. The van der Waals surface area contributed by atoms with Crippen molar-refractivity contribution in [2.24, 2.45) is 22.4 Å². The van der Waals surface area contributed by atoms with Gasteiger partial charge in [-0.1, -0.05) is 37.6 Å². The van der Waals surface area contributed by atoms with Gasteiger partial charge < -0.3 is 9.57 Å². The first-order valence-electron chi connectivity index (χ1n) is 8.46. The maximum Gasteiger partial charge on any atom is 0.312 e. The van der Waals surface area contributed by atoms with Crippen LogP contribution < -0.4 is 0 Å². The molecule has 6 heteroatoms. The van der Waals surface area contributed by atoms with Crippen LogP contribution in [-0.2, 0) is 24.0 Å². The second kappa shape index (κ2) is 7.73. The average molecular weight is 335 g/mol. The van der Waals surface area contributed by atoms with E-state index < -0.39 is 23.2 Å². The van der Waals surface area contributed by atoms with Crippen molar-refractivity contribution in [3.8, 4) is 0 Å². The summed E-state index contributed by atoms with van der Waals surface area (Å²) < 4.78 is 4.90. The molecule has 2 rings (SSSR count). The van der Waals surface area contributed by atoms with Gasteiger partial charge in [-0.2, -0.15) is 0 Å². The lowest BCUT2D eigenvalue weighted by molar-refractivity contribution is -0.164. The zero-order chi connectivity index (χ0) is 17.7. The molecule has 0 bridgehead atoms. The minimum atomic E-state index is -0.973. The third-order valence-corrected chi connectivity index (χ3v) is 5.03. The number of ketones is 2. The standard InChI is InChI=1S/C18H25NO5/c1-4-7-13(19-24-10-5-2)15-14(20)11-18(17(22)23-3)9-6-8-12(18)16(15)21/h5,12,15H,2,4,6-11H2,1,3H3. The Labute approximate surface area is 142 Å². The summed E-state index contributed by atoms with van der Waals surface area (Å²) in [4.78, 5) is 43.2. The van der Waals surface area contributed by atoms with Gasteiger partial charge >= 0.3 is 5.97 Å². The number of carbonyl (C=O) groups is 3. The fraction of sp³-hybridized carbons (Fsp3) is 0.667. The van der Waals surface area contributed by atoms with Crippen LogP contribution in [0.3, 0.4) is 0 Å². The molecule has 0 saturated heterocycles. The summed E-state index contributed by atoms with van der Waals surface area (Å²) in [6.45, 7) is 5.72. The third-order valence-electron chi connectivity index (χ3n) is 5.03. The van der Waals surface area contributed by atoms with Gasteiger partial charge in [0.15, 0.2) is 5.78 Å². The highest BCUT2D eigenvalue weighted by Gasteiger charge is 2.60. The molecule has 3 atom stereocenters. The maximum atomic E-state index is 13.0. The fourth-order valence-electron chi connectivity index (χ4n) is 4.01. The highest BCUT2D eigenvalue weighted by Crippen LogP contribution is 2.52. The van der Waals surface area contributed by atoms with Crippen molar-refractivity contribution in [2.75, 3.05) is 13.7 Å². The van der Waals surface area contributed by atoms with E-state index in [1.54, 1.807) is 6.08 Å². The SMILES string of the molecule is C=CCON=C(CCC)C1C(=O)CC2(C(=O)OC)CCCC2C1=O. The third kappa shape index (κ3) is 3.14. The van der Waals surface area contributed by atoms with Gasteiger partial charge in [0.1, 0.15) is 18.3 Å². The van der Waals surface area contributed by atoms with E-state index in [2.05, 4.69) is 11.7 Å². The Morgan fingerprint density at radius 1 is 1.46 bits per heavy atom. The number of ether oxygens (including phenoxy) is 1. The Balaban J connectivity index is 2.32. The van der Waals surface area contributed by atoms with Crippen LogP contribution in [0.4, 0.5) is 0 Å². The lowest BCUT2D eigenvalue weighted by atomic mass is 9.62. The molecule has 2 aliphatic rings. The molecule has 0 aromatic heterocycles. The molecule has 6 nitrogen and oxygen atoms in total. The van der Waals surface area contributed by atoms with Crippen LogP contribution >= 0.6 is 0 Å². The molecule has 0 N–H and O–H groups in total. The molecule has 2 saturated carbocycles. The fourth-order valence-corrected chi connectivity index (χ4v) is 4.01. The highest BCUT2D eigenvalue weighted by atomic mass is 16.6. The molecule has 0 heterocycles. The average Bonchev–Trinajstić information content (AvgIpc) is 2.99. The molecule has 0 aromatic carbocycles. The van der Waals surface area contributed by atoms with Crippen LogP contribution in [0.1, 0.15) is 45.4 Å². The van der Waals surface area contributed by atoms with Crippen LogP contribution in [-0.4, -0.2) is 37.0 Å². The number of hydrogen-bond acceptors (Lipinski definition) is 6. The number of rotatable bonds is 7. The van der Waals surface area contributed by atoms with Crippen molar-refractivity contribution < 1.29 is 24.0 Å². The zero-order valence-electron chi connectivity index (χ0n) is 14.4. The molecule has 0 amide bonds. The minimum absolute atomic E-state index is 0.0466. The molecule has 0 radical (unpaired) electrons. The largest absolute Gasteiger partial charge is 0.469 e. The topological polar surface area (TPSA) is 82.0 Å². The van der Waals surface area contributed by atoms with Crippen molar-refractivity contribution in [1.82, 2.24) is 0 Å². The summed E-state index contributed by atoms with van der Waals surface area (Å²) in [7, 11) is 1.31. The lowest BCUT2D eigenvalue weighted by Gasteiger charge is -2.38. The second-order valence-electron chi connectivity index (χ2n) is 6.49. The van der Waals surface area contributed by atoms with Crippen molar-refractivity contribution in [3.63, 3.8) is 0 Å². The number of fused-ring (bicyclic) bond motifs is 1. The number of nitrogens with zero attached hydrogens (tertiary/aromatic N) is 1. The van der Waals surface area contributed by atoms with Gasteiger partial charge in [0, 0.05) is 12.3 Å². The smallest absolute Gasteiger partial charge is 0.312 e. The Morgan fingerprint density at radius 3 is 2.83 bits per heavy atom. The van der Waals surface area contributed by atoms with Crippen LogP contribution in [0.25, 0.3) is 0 Å². The molecule has 0 aliphatic heterocycles. The first-order valence-corrected chi connectivity index (χ1v) is 8.46. The van der Waals surface area contributed by atoms with E-state index in [0.29, 0.717) is 25.0 Å². The van der Waals surface area contributed by atoms with E-state index in [9.17, 15) is 14.4 Å². The number of methoxy groups -OCH3 is 1. The summed E-state index contributed by atoms with van der Waals surface area (Å²) in [5, 5.41) is 4.02. The van der Waals surface area contributed by atoms with E-state index in [-0.39, 0.29) is 24.6 Å². The normalized spacial score (nSPS) is 30.0. The first-order chi connectivity index (χ1) is 11.5. The molecule has 0 spiro atoms. The van der Waals surface area contributed by atoms with Gasteiger partial charge in [-0.15, -0.1) is 0 Å². The van der Waals surface area contributed by atoms with E-state index in [1.165, 1.54) is 7.11 Å². The highest BCUT2D eigenvalue weighted by molar-refractivity contribution is 6.24. The van der Waals surface area contributed by atoms with Crippen molar-refractivity contribution in [2.45, 2.75) is 45.4 Å². The van der Waals surface area contributed by atoms with Crippen molar-refractivity contribution >= 4 is 23.2 Å². The molecule has 2 aliphatic carbocycles. The van der Waals surface area contributed by atoms with E-state index in [1.807, 2.05) is 6.92 Å². The monoisotopic (exact) mass is 335 g/mol. The molecule has 0 aromatic rings. The predicted molar refractivity (Wildman–Crippen MR) is 88.4 cm³/mol. The number of carbonyl (C=O) groups excluding carboxylic acids is 3. The molecule has 132 valence electrons.